The van der Waals surface area contributed by atoms with Gasteiger partial charge in [0.15, 0.2) is 0 Å². The van der Waals surface area contributed by atoms with Gasteiger partial charge in [-0.3, -0.25) is 4.99 Å². The summed E-state index contributed by atoms with van der Waals surface area (Å²) in [5.41, 5.74) is 6.80. The van der Waals surface area contributed by atoms with Crippen LogP contribution in [0, 0.1) is 5.41 Å². The first-order chi connectivity index (χ1) is 12.6. The second-order valence-corrected chi connectivity index (χ2v) is 7.96. The molecule has 2 aromatic carbocycles. The van der Waals surface area contributed by atoms with E-state index in [0.717, 1.165) is 25.2 Å². The maximum atomic E-state index is 5.00. The molecule has 2 aromatic rings. The SMILES string of the molecule is CCCN=C1Nc2ccccc2[C@@H]2c3cccc(NC)c3C(C)C[C@]12C. The summed E-state index contributed by atoms with van der Waals surface area (Å²) in [4.78, 5) is 5.00. The molecule has 26 heavy (non-hydrogen) atoms. The normalized spacial score (nSPS) is 27.9. The van der Waals surface area contributed by atoms with E-state index in [1.165, 1.54) is 28.1 Å². The average molecular weight is 348 g/mol. The van der Waals surface area contributed by atoms with Crippen molar-refractivity contribution in [2.24, 2.45) is 10.4 Å². The second kappa shape index (κ2) is 6.46. The van der Waals surface area contributed by atoms with Gasteiger partial charge in [0.25, 0.3) is 0 Å². The molecule has 0 radical (unpaired) electrons. The van der Waals surface area contributed by atoms with Crippen LogP contribution in [0.5, 0.6) is 0 Å². The molecular weight excluding hydrogens is 318 g/mol. The Labute approximate surface area is 156 Å². The lowest BCUT2D eigenvalue weighted by molar-refractivity contribution is 0.320. The molecule has 2 N–H and O–H groups in total. The van der Waals surface area contributed by atoms with Crippen molar-refractivity contribution in [3.05, 3.63) is 59.2 Å². The zero-order chi connectivity index (χ0) is 18.3. The number of para-hydroxylation sites is 1. The summed E-state index contributed by atoms with van der Waals surface area (Å²) in [7, 11) is 2.03. The molecule has 0 spiro atoms. The van der Waals surface area contributed by atoms with E-state index in [9.17, 15) is 0 Å². The van der Waals surface area contributed by atoms with Gasteiger partial charge in [-0.25, -0.2) is 0 Å². The average Bonchev–Trinajstić information content (AvgIpc) is 2.65. The van der Waals surface area contributed by atoms with Gasteiger partial charge in [0.1, 0.15) is 5.84 Å². The predicted molar refractivity (Wildman–Crippen MR) is 112 cm³/mol. The molecule has 136 valence electrons. The van der Waals surface area contributed by atoms with Gasteiger partial charge < -0.3 is 10.6 Å². The van der Waals surface area contributed by atoms with E-state index in [0.29, 0.717) is 11.8 Å². The molecule has 0 bridgehead atoms. The van der Waals surface area contributed by atoms with E-state index in [-0.39, 0.29) is 5.41 Å². The van der Waals surface area contributed by atoms with Crippen LogP contribution >= 0.6 is 0 Å². The highest BCUT2D eigenvalue weighted by atomic mass is 15.0. The number of hydrogen-bond acceptors (Lipinski definition) is 2. The standard InChI is InChI=1S/C23H29N3/c1-5-13-25-22-23(3)14-15(2)20-17(10-8-12-19(20)24-4)21(23)16-9-6-7-11-18(16)26-22/h6-12,15,21,24H,5,13-14H2,1-4H3,(H,25,26)/t15?,21-,23+/m1/s1. The highest BCUT2D eigenvalue weighted by molar-refractivity contribution is 6.04. The number of amidine groups is 1. The molecule has 3 nitrogen and oxygen atoms in total. The molecule has 3 atom stereocenters. The summed E-state index contributed by atoms with van der Waals surface area (Å²) in [6, 6.07) is 15.5. The molecule has 2 aliphatic rings. The Hall–Kier alpha value is -2.29. The third-order valence-electron chi connectivity index (χ3n) is 6.14. The first kappa shape index (κ1) is 17.1. The summed E-state index contributed by atoms with van der Waals surface area (Å²) >= 11 is 0. The van der Waals surface area contributed by atoms with Crippen LogP contribution in [0.15, 0.2) is 47.5 Å². The first-order valence-electron chi connectivity index (χ1n) is 9.81. The molecule has 0 aromatic heterocycles. The van der Waals surface area contributed by atoms with Crippen molar-refractivity contribution in [1.82, 2.24) is 0 Å². The molecule has 0 saturated heterocycles. The molecule has 0 fully saturated rings. The number of aliphatic imine (C=N–C) groups is 1. The van der Waals surface area contributed by atoms with Crippen molar-refractivity contribution in [2.45, 2.75) is 45.4 Å². The number of anilines is 2. The summed E-state index contributed by atoms with van der Waals surface area (Å²) in [5, 5.41) is 7.10. The molecular formula is C23H29N3. The minimum Gasteiger partial charge on any atom is -0.388 e. The van der Waals surface area contributed by atoms with Gasteiger partial charge in [-0.2, -0.15) is 0 Å². The Kier molecular flexibility index (Phi) is 4.26. The second-order valence-electron chi connectivity index (χ2n) is 7.96. The smallest absolute Gasteiger partial charge is 0.108 e. The van der Waals surface area contributed by atoms with Crippen LogP contribution < -0.4 is 10.6 Å². The molecule has 0 saturated carbocycles. The molecule has 0 amide bonds. The number of benzene rings is 2. The van der Waals surface area contributed by atoms with Crippen LogP contribution in [-0.4, -0.2) is 19.4 Å². The van der Waals surface area contributed by atoms with Crippen LogP contribution in [0.2, 0.25) is 0 Å². The monoisotopic (exact) mass is 347 g/mol. The van der Waals surface area contributed by atoms with Gasteiger partial charge in [-0.15, -0.1) is 0 Å². The van der Waals surface area contributed by atoms with Crippen LogP contribution in [0.25, 0.3) is 0 Å². The summed E-state index contributed by atoms with van der Waals surface area (Å²) in [5.74, 6) is 2.00. The minimum absolute atomic E-state index is 0.00229. The van der Waals surface area contributed by atoms with Crippen LogP contribution in [0.4, 0.5) is 11.4 Å². The Morgan fingerprint density at radius 3 is 2.69 bits per heavy atom. The fourth-order valence-electron chi connectivity index (χ4n) is 5.12. The highest BCUT2D eigenvalue weighted by Crippen LogP contribution is 2.58. The fourth-order valence-corrected chi connectivity index (χ4v) is 5.12. The van der Waals surface area contributed by atoms with Crippen molar-refractivity contribution in [3.63, 3.8) is 0 Å². The number of nitrogens with zero attached hydrogens (tertiary/aromatic N) is 1. The van der Waals surface area contributed by atoms with E-state index < -0.39 is 0 Å². The Morgan fingerprint density at radius 1 is 1.15 bits per heavy atom. The summed E-state index contributed by atoms with van der Waals surface area (Å²) < 4.78 is 0. The number of nitrogens with one attached hydrogen (secondary N) is 2. The maximum absolute atomic E-state index is 5.00. The number of fused-ring (bicyclic) bond motifs is 5. The van der Waals surface area contributed by atoms with Gasteiger partial charge >= 0.3 is 0 Å². The number of hydrogen-bond donors (Lipinski definition) is 2. The third-order valence-corrected chi connectivity index (χ3v) is 6.14. The lowest BCUT2D eigenvalue weighted by atomic mass is 9.57. The zero-order valence-electron chi connectivity index (χ0n) is 16.3. The molecule has 1 aliphatic heterocycles. The van der Waals surface area contributed by atoms with Gasteiger partial charge in [-0.05, 0) is 47.6 Å². The zero-order valence-corrected chi connectivity index (χ0v) is 16.3. The molecule has 1 unspecified atom stereocenters. The van der Waals surface area contributed by atoms with E-state index in [2.05, 4.69) is 73.9 Å². The van der Waals surface area contributed by atoms with Gasteiger partial charge in [0.05, 0.1) is 0 Å². The fraction of sp³-hybridized carbons (Fsp3) is 0.435. The molecule has 3 heteroatoms. The van der Waals surface area contributed by atoms with Crippen LogP contribution in [0.1, 0.15) is 62.1 Å². The van der Waals surface area contributed by atoms with E-state index in [1.54, 1.807) is 0 Å². The Balaban J connectivity index is 1.98. The molecule has 1 heterocycles. The van der Waals surface area contributed by atoms with E-state index in [4.69, 9.17) is 4.99 Å². The topological polar surface area (TPSA) is 36.4 Å². The maximum Gasteiger partial charge on any atom is 0.108 e. The van der Waals surface area contributed by atoms with Crippen LogP contribution in [0.3, 0.4) is 0 Å². The Bertz CT molecular complexity index is 854. The lowest BCUT2D eigenvalue weighted by Crippen LogP contribution is -2.47. The van der Waals surface area contributed by atoms with Crippen LogP contribution in [-0.2, 0) is 0 Å². The van der Waals surface area contributed by atoms with Crippen molar-refractivity contribution in [3.8, 4) is 0 Å². The van der Waals surface area contributed by atoms with Crippen molar-refractivity contribution in [2.75, 3.05) is 24.2 Å². The summed E-state index contributed by atoms with van der Waals surface area (Å²) in [6.07, 6.45) is 2.18. The van der Waals surface area contributed by atoms with E-state index in [1.807, 2.05) is 7.05 Å². The van der Waals surface area contributed by atoms with Crippen molar-refractivity contribution < 1.29 is 0 Å². The first-order valence-corrected chi connectivity index (χ1v) is 9.81. The lowest BCUT2D eigenvalue weighted by Gasteiger charge is -2.50. The summed E-state index contributed by atoms with van der Waals surface area (Å²) in [6.45, 7) is 7.84. The molecule has 4 rings (SSSR count). The van der Waals surface area contributed by atoms with Crippen molar-refractivity contribution >= 4 is 17.2 Å². The van der Waals surface area contributed by atoms with Gasteiger partial charge in [0, 0.05) is 36.3 Å². The Morgan fingerprint density at radius 2 is 1.92 bits per heavy atom. The predicted octanol–water partition coefficient (Wildman–Crippen LogP) is 5.61. The van der Waals surface area contributed by atoms with Gasteiger partial charge in [0.2, 0.25) is 0 Å². The minimum atomic E-state index is 0.00229. The highest BCUT2D eigenvalue weighted by Gasteiger charge is 2.50. The quantitative estimate of drug-likeness (QED) is 0.757. The number of rotatable bonds is 3. The molecule has 1 aliphatic carbocycles. The van der Waals surface area contributed by atoms with Gasteiger partial charge in [-0.1, -0.05) is 51.1 Å². The van der Waals surface area contributed by atoms with Crippen molar-refractivity contribution in [1.29, 1.82) is 0 Å². The van der Waals surface area contributed by atoms with E-state index >= 15 is 0 Å². The largest absolute Gasteiger partial charge is 0.388 e. The third kappa shape index (κ3) is 2.45.